The van der Waals surface area contributed by atoms with Crippen molar-refractivity contribution in [3.8, 4) is 0 Å². The van der Waals surface area contributed by atoms with Crippen molar-refractivity contribution >= 4 is 5.78 Å². The summed E-state index contributed by atoms with van der Waals surface area (Å²) in [6, 6.07) is 6.23. The number of hydrogen-bond acceptors (Lipinski definition) is 3. The van der Waals surface area contributed by atoms with Gasteiger partial charge in [-0.05, 0) is 55.7 Å². The minimum Gasteiger partial charge on any atom is -0.377 e. The standard InChI is InChI=1S/C17H23NO2/c19-17(12-18-11-16-6-3-9-20-16)15-8-7-13-4-1-2-5-14(13)10-15/h7-8,10,16,18H,1-6,9,11-12H2. The molecule has 1 aliphatic heterocycles. The van der Waals surface area contributed by atoms with E-state index in [1.54, 1.807) is 0 Å². The molecule has 2 aliphatic rings. The first-order valence-electron chi connectivity index (χ1n) is 7.80. The third-order valence-electron chi connectivity index (χ3n) is 4.35. The predicted octanol–water partition coefficient (Wildman–Crippen LogP) is 2.52. The SMILES string of the molecule is O=C(CNCC1CCCO1)c1ccc2c(c1)CCCC2. The summed E-state index contributed by atoms with van der Waals surface area (Å²) in [5.74, 6) is 0.191. The summed E-state index contributed by atoms with van der Waals surface area (Å²) >= 11 is 0. The Morgan fingerprint density at radius 1 is 1.20 bits per heavy atom. The van der Waals surface area contributed by atoms with Crippen molar-refractivity contribution in [3.05, 3.63) is 34.9 Å². The number of ether oxygens (including phenoxy) is 1. The Hall–Kier alpha value is -1.19. The second kappa shape index (κ2) is 6.51. The molecule has 0 spiro atoms. The number of ketones is 1. The molecule has 108 valence electrons. The molecule has 1 aromatic carbocycles. The van der Waals surface area contributed by atoms with Gasteiger partial charge in [0.1, 0.15) is 0 Å². The monoisotopic (exact) mass is 273 g/mol. The molecule has 3 rings (SSSR count). The van der Waals surface area contributed by atoms with E-state index in [0.29, 0.717) is 12.6 Å². The molecule has 1 aliphatic carbocycles. The summed E-state index contributed by atoms with van der Waals surface area (Å²) in [6.45, 7) is 2.07. The van der Waals surface area contributed by atoms with Crippen LogP contribution < -0.4 is 5.32 Å². The van der Waals surface area contributed by atoms with E-state index in [-0.39, 0.29) is 5.78 Å². The zero-order valence-electron chi connectivity index (χ0n) is 12.0. The van der Waals surface area contributed by atoms with E-state index < -0.39 is 0 Å². The fourth-order valence-electron chi connectivity index (χ4n) is 3.16. The van der Waals surface area contributed by atoms with Crippen molar-refractivity contribution in [1.29, 1.82) is 0 Å². The Bertz CT molecular complexity index is 478. The zero-order valence-corrected chi connectivity index (χ0v) is 12.0. The van der Waals surface area contributed by atoms with Crippen LogP contribution in [0.15, 0.2) is 18.2 Å². The Balaban J connectivity index is 1.53. The van der Waals surface area contributed by atoms with Crippen molar-refractivity contribution < 1.29 is 9.53 Å². The average Bonchev–Trinajstić information content (AvgIpc) is 3.00. The maximum absolute atomic E-state index is 12.2. The van der Waals surface area contributed by atoms with Crippen LogP contribution in [0.4, 0.5) is 0 Å². The molecule has 0 aromatic heterocycles. The topological polar surface area (TPSA) is 38.3 Å². The lowest BCUT2D eigenvalue weighted by atomic mass is 9.90. The molecule has 1 fully saturated rings. The van der Waals surface area contributed by atoms with Gasteiger partial charge in [-0.3, -0.25) is 4.79 Å². The second-order valence-corrected chi connectivity index (χ2v) is 5.88. The first-order chi connectivity index (χ1) is 9.83. The normalized spacial score (nSPS) is 21.7. The second-order valence-electron chi connectivity index (χ2n) is 5.88. The molecule has 1 aromatic rings. The number of benzene rings is 1. The summed E-state index contributed by atoms with van der Waals surface area (Å²) in [5, 5.41) is 3.23. The van der Waals surface area contributed by atoms with Crippen LogP contribution in [0.3, 0.4) is 0 Å². The fraction of sp³-hybridized carbons (Fsp3) is 0.588. The highest BCUT2D eigenvalue weighted by Crippen LogP contribution is 2.22. The van der Waals surface area contributed by atoms with Crippen LogP contribution in [0.1, 0.15) is 47.2 Å². The summed E-state index contributed by atoms with van der Waals surface area (Å²) in [5.41, 5.74) is 3.66. The lowest BCUT2D eigenvalue weighted by Gasteiger charge is -2.16. The number of fused-ring (bicyclic) bond motifs is 1. The molecule has 0 bridgehead atoms. The van der Waals surface area contributed by atoms with Gasteiger partial charge in [-0.2, -0.15) is 0 Å². The number of rotatable bonds is 5. The lowest BCUT2D eigenvalue weighted by Crippen LogP contribution is -2.31. The van der Waals surface area contributed by atoms with Crippen LogP contribution in [-0.2, 0) is 17.6 Å². The minimum absolute atomic E-state index is 0.191. The highest BCUT2D eigenvalue weighted by Gasteiger charge is 2.16. The molecule has 3 heteroatoms. The van der Waals surface area contributed by atoms with E-state index >= 15 is 0 Å². The molecular formula is C17H23NO2. The fourth-order valence-corrected chi connectivity index (χ4v) is 3.16. The van der Waals surface area contributed by atoms with E-state index in [2.05, 4.69) is 17.4 Å². The highest BCUT2D eigenvalue weighted by molar-refractivity contribution is 5.97. The Labute approximate surface area is 120 Å². The number of Topliss-reactive ketones (excluding diaryl/α,β-unsaturated/α-hetero) is 1. The summed E-state index contributed by atoms with van der Waals surface area (Å²) < 4.78 is 5.54. The van der Waals surface area contributed by atoms with Gasteiger partial charge in [-0.1, -0.05) is 12.1 Å². The Morgan fingerprint density at radius 2 is 2.05 bits per heavy atom. The summed E-state index contributed by atoms with van der Waals surface area (Å²) in [4.78, 5) is 12.2. The minimum atomic E-state index is 0.191. The number of hydrogen-bond donors (Lipinski definition) is 1. The van der Waals surface area contributed by atoms with Crippen LogP contribution in [0, 0.1) is 0 Å². The van der Waals surface area contributed by atoms with Gasteiger partial charge in [-0.15, -0.1) is 0 Å². The van der Waals surface area contributed by atoms with Crippen molar-refractivity contribution in [1.82, 2.24) is 5.32 Å². The van der Waals surface area contributed by atoms with E-state index in [1.807, 2.05) is 6.07 Å². The van der Waals surface area contributed by atoms with Crippen molar-refractivity contribution in [2.75, 3.05) is 19.7 Å². The molecule has 1 atom stereocenters. The van der Waals surface area contributed by atoms with Crippen molar-refractivity contribution in [3.63, 3.8) is 0 Å². The highest BCUT2D eigenvalue weighted by atomic mass is 16.5. The molecule has 1 heterocycles. The number of nitrogens with one attached hydrogen (secondary N) is 1. The molecular weight excluding hydrogens is 250 g/mol. The first-order valence-corrected chi connectivity index (χ1v) is 7.80. The predicted molar refractivity (Wildman–Crippen MR) is 79.3 cm³/mol. The van der Waals surface area contributed by atoms with Crippen molar-refractivity contribution in [2.45, 2.75) is 44.6 Å². The molecule has 3 nitrogen and oxygen atoms in total. The molecule has 20 heavy (non-hydrogen) atoms. The zero-order chi connectivity index (χ0) is 13.8. The smallest absolute Gasteiger partial charge is 0.176 e. The third-order valence-corrected chi connectivity index (χ3v) is 4.35. The molecule has 0 saturated carbocycles. The third kappa shape index (κ3) is 3.28. The quantitative estimate of drug-likeness (QED) is 0.838. The number of carbonyl (C=O) groups excluding carboxylic acids is 1. The van der Waals surface area contributed by atoms with E-state index in [1.165, 1.54) is 30.4 Å². The molecule has 0 radical (unpaired) electrons. The largest absolute Gasteiger partial charge is 0.377 e. The molecule has 1 N–H and O–H groups in total. The first kappa shape index (κ1) is 13.8. The van der Waals surface area contributed by atoms with Crippen LogP contribution in [0.2, 0.25) is 0 Å². The summed E-state index contributed by atoms with van der Waals surface area (Å²) in [6.07, 6.45) is 7.38. The van der Waals surface area contributed by atoms with Gasteiger partial charge in [0.05, 0.1) is 12.6 Å². The van der Waals surface area contributed by atoms with Gasteiger partial charge >= 0.3 is 0 Å². The number of aryl methyl sites for hydroxylation is 2. The van der Waals surface area contributed by atoms with E-state index in [4.69, 9.17) is 4.74 Å². The van der Waals surface area contributed by atoms with E-state index in [0.717, 1.165) is 38.0 Å². The average molecular weight is 273 g/mol. The maximum Gasteiger partial charge on any atom is 0.176 e. The Kier molecular flexibility index (Phi) is 4.48. The molecule has 1 saturated heterocycles. The van der Waals surface area contributed by atoms with Crippen LogP contribution in [-0.4, -0.2) is 31.6 Å². The number of carbonyl (C=O) groups is 1. The molecule has 0 amide bonds. The van der Waals surface area contributed by atoms with Crippen LogP contribution >= 0.6 is 0 Å². The van der Waals surface area contributed by atoms with Crippen LogP contribution in [0.5, 0.6) is 0 Å². The van der Waals surface area contributed by atoms with E-state index in [9.17, 15) is 4.79 Å². The van der Waals surface area contributed by atoms with Gasteiger partial charge in [0.2, 0.25) is 0 Å². The lowest BCUT2D eigenvalue weighted by molar-refractivity contribution is 0.0955. The molecule has 1 unspecified atom stereocenters. The van der Waals surface area contributed by atoms with Gasteiger partial charge in [0.25, 0.3) is 0 Å². The Morgan fingerprint density at radius 3 is 2.85 bits per heavy atom. The van der Waals surface area contributed by atoms with Crippen LogP contribution in [0.25, 0.3) is 0 Å². The van der Waals surface area contributed by atoms with Gasteiger partial charge < -0.3 is 10.1 Å². The summed E-state index contributed by atoms with van der Waals surface area (Å²) in [7, 11) is 0. The maximum atomic E-state index is 12.2. The van der Waals surface area contributed by atoms with Gasteiger partial charge in [0, 0.05) is 18.7 Å². The van der Waals surface area contributed by atoms with Gasteiger partial charge in [-0.25, -0.2) is 0 Å². The van der Waals surface area contributed by atoms with Gasteiger partial charge in [0.15, 0.2) is 5.78 Å². The van der Waals surface area contributed by atoms with Crippen molar-refractivity contribution in [2.24, 2.45) is 0 Å².